The number of nitrogens with one attached hydrogen (secondary N) is 1. The van der Waals surface area contributed by atoms with Crippen LogP contribution >= 0.6 is 23.5 Å². The van der Waals surface area contributed by atoms with Crippen molar-refractivity contribution in [3.63, 3.8) is 0 Å². The summed E-state index contributed by atoms with van der Waals surface area (Å²) in [6, 6.07) is 0.452. The lowest BCUT2D eigenvalue weighted by Crippen LogP contribution is -2.39. The first-order valence-corrected chi connectivity index (χ1v) is 8.30. The molecule has 0 aromatic heterocycles. The average molecular weight is 260 g/mol. The van der Waals surface area contributed by atoms with Gasteiger partial charge in [0.05, 0.1) is 6.04 Å². The number of hydrogen-bond donors (Lipinski definition) is 1. The molecule has 4 heteroatoms. The summed E-state index contributed by atoms with van der Waals surface area (Å²) in [5.41, 5.74) is 0.265. The maximum Gasteiger partial charge on any atom is 0.157 e. The fraction of sp³-hybridized carbons (Fsp3) is 0.917. The van der Waals surface area contributed by atoms with E-state index >= 15 is 0 Å². The second-order valence-electron chi connectivity index (χ2n) is 4.60. The van der Waals surface area contributed by atoms with Gasteiger partial charge in [0.2, 0.25) is 0 Å². The van der Waals surface area contributed by atoms with Crippen molar-refractivity contribution in [2.75, 3.05) is 17.3 Å². The first-order chi connectivity index (χ1) is 7.59. The van der Waals surface area contributed by atoms with Gasteiger partial charge in [0.15, 0.2) is 5.17 Å². The Kier molecular flexibility index (Phi) is 6.05. The predicted molar refractivity (Wildman–Crippen MR) is 78.8 cm³/mol. The number of aliphatic imine (C=N–C) groups is 1. The number of nitrogens with zero attached hydrogens (tertiary/aromatic N) is 1. The average Bonchev–Trinajstić information content (AvgIpc) is 2.61. The van der Waals surface area contributed by atoms with Crippen molar-refractivity contribution in [1.29, 1.82) is 0 Å². The zero-order chi connectivity index (χ0) is 12.0. The summed E-state index contributed by atoms with van der Waals surface area (Å²) in [5, 5.41) is 4.70. The topological polar surface area (TPSA) is 24.4 Å². The molecule has 16 heavy (non-hydrogen) atoms. The van der Waals surface area contributed by atoms with Crippen LogP contribution < -0.4 is 5.32 Å². The molecule has 2 atom stereocenters. The standard InChI is InChI=1S/C12H24N2S2/c1-5-12(4)9-16-11(14-12)13-10(3)7-8-15-6-2/h10H,5-9H2,1-4H3,(H,13,14). The molecule has 1 saturated heterocycles. The van der Waals surface area contributed by atoms with Gasteiger partial charge in [0.1, 0.15) is 0 Å². The van der Waals surface area contributed by atoms with Crippen molar-refractivity contribution in [2.45, 2.75) is 52.1 Å². The summed E-state index contributed by atoms with van der Waals surface area (Å²) >= 11 is 3.88. The number of amidine groups is 1. The molecule has 0 aromatic carbocycles. The minimum Gasteiger partial charge on any atom is -0.359 e. The first-order valence-electron chi connectivity index (χ1n) is 6.16. The SMILES string of the molecule is CCSCCC(C)N=C1NC(C)(CC)CS1. The fourth-order valence-corrected chi connectivity index (χ4v) is 3.58. The molecule has 1 N–H and O–H groups in total. The monoisotopic (exact) mass is 260 g/mol. The molecule has 1 fully saturated rings. The van der Waals surface area contributed by atoms with Crippen molar-refractivity contribution >= 4 is 28.7 Å². The summed E-state index contributed by atoms with van der Waals surface area (Å²) < 4.78 is 0. The second kappa shape index (κ2) is 6.80. The van der Waals surface area contributed by atoms with E-state index in [9.17, 15) is 0 Å². The molecule has 0 aliphatic carbocycles. The zero-order valence-electron chi connectivity index (χ0n) is 10.9. The van der Waals surface area contributed by atoms with Crippen LogP contribution in [0, 0.1) is 0 Å². The summed E-state index contributed by atoms with van der Waals surface area (Å²) in [4.78, 5) is 4.75. The van der Waals surface area contributed by atoms with Gasteiger partial charge in [-0.2, -0.15) is 11.8 Å². The second-order valence-corrected chi connectivity index (χ2v) is 6.95. The molecule has 0 saturated carbocycles. The molecule has 0 bridgehead atoms. The third-order valence-electron chi connectivity index (χ3n) is 2.94. The van der Waals surface area contributed by atoms with Gasteiger partial charge in [-0.25, -0.2) is 0 Å². The third-order valence-corrected chi connectivity index (χ3v) is 5.13. The molecular weight excluding hydrogens is 236 g/mol. The molecule has 2 nitrogen and oxygen atoms in total. The maximum absolute atomic E-state index is 4.75. The van der Waals surface area contributed by atoms with Gasteiger partial charge < -0.3 is 5.32 Å². The number of hydrogen-bond acceptors (Lipinski definition) is 3. The molecular formula is C12H24N2S2. The number of rotatable bonds is 6. The van der Waals surface area contributed by atoms with Crippen LogP contribution in [0.1, 0.15) is 40.5 Å². The minimum atomic E-state index is 0.265. The summed E-state index contributed by atoms with van der Waals surface area (Å²) in [6.07, 6.45) is 2.35. The zero-order valence-corrected chi connectivity index (χ0v) is 12.5. The maximum atomic E-state index is 4.75. The van der Waals surface area contributed by atoms with E-state index in [0.29, 0.717) is 6.04 Å². The van der Waals surface area contributed by atoms with Crippen molar-refractivity contribution in [3.05, 3.63) is 0 Å². The normalized spacial score (nSPS) is 29.4. The van der Waals surface area contributed by atoms with Gasteiger partial charge >= 0.3 is 0 Å². The van der Waals surface area contributed by atoms with E-state index in [1.165, 1.54) is 24.3 Å². The van der Waals surface area contributed by atoms with Gasteiger partial charge in [-0.1, -0.05) is 25.6 Å². The Morgan fingerprint density at radius 1 is 1.56 bits per heavy atom. The van der Waals surface area contributed by atoms with Crippen LogP contribution in [-0.4, -0.2) is 34.0 Å². The highest BCUT2D eigenvalue weighted by Gasteiger charge is 2.30. The largest absolute Gasteiger partial charge is 0.359 e. The van der Waals surface area contributed by atoms with E-state index < -0.39 is 0 Å². The number of thioether (sulfide) groups is 2. The molecule has 2 unspecified atom stereocenters. The summed E-state index contributed by atoms with van der Waals surface area (Å²) in [5.74, 6) is 3.59. The lowest BCUT2D eigenvalue weighted by molar-refractivity contribution is 0.465. The van der Waals surface area contributed by atoms with E-state index in [1.54, 1.807) is 0 Å². The highest BCUT2D eigenvalue weighted by Crippen LogP contribution is 2.26. The Morgan fingerprint density at radius 2 is 2.31 bits per heavy atom. The van der Waals surface area contributed by atoms with Crippen LogP contribution in [0.4, 0.5) is 0 Å². The van der Waals surface area contributed by atoms with Gasteiger partial charge in [0.25, 0.3) is 0 Å². The van der Waals surface area contributed by atoms with Crippen molar-refractivity contribution < 1.29 is 0 Å². The lowest BCUT2D eigenvalue weighted by Gasteiger charge is -2.21. The Labute approximate surface area is 108 Å². The molecule has 94 valence electrons. The fourth-order valence-electron chi connectivity index (χ4n) is 1.48. The predicted octanol–water partition coefficient (Wildman–Crippen LogP) is 3.38. The molecule has 1 rings (SSSR count). The Morgan fingerprint density at radius 3 is 2.88 bits per heavy atom. The van der Waals surface area contributed by atoms with Crippen LogP contribution in [-0.2, 0) is 0 Å². The molecule has 1 heterocycles. The summed E-state index contributed by atoms with van der Waals surface area (Å²) in [6.45, 7) is 8.94. The quantitative estimate of drug-likeness (QED) is 0.741. The molecule has 0 radical (unpaired) electrons. The molecule has 1 aliphatic heterocycles. The van der Waals surface area contributed by atoms with E-state index in [-0.39, 0.29) is 5.54 Å². The van der Waals surface area contributed by atoms with E-state index in [2.05, 4.69) is 33.0 Å². The van der Waals surface area contributed by atoms with Crippen LogP contribution in [0.15, 0.2) is 4.99 Å². The first kappa shape index (κ1) is 14.2. The summed E-state index contributed by atoms with van der Waals surface area (Å²) in [7, 11) is 0. The molecule has 0 aromatic rings. The minimum absolute atomic E-state index is 0.265. The van der Waals surface area contributed by atoms with Crippen LogP contribution in [0.5, 0.6) is 0 Å². The van der Waals surface area contributed by atoms with Gasteiger partial charge in [-0.3, -0.25) is 4.99 Å². The van der Waals surface area contributed by atoms with Crippen molar-refractivity contribution in [3.8, 4) is 0 Å². The van der Waals surface area contributed by atoms with Crippen LogP contribution in [0.25, 0.3) is 0 Å². The van der Waals surface area contributed by atoms with Gasteiger partial charge in [0, 0.05) is 11.3 Å². The molecule has 0 spiro atoms. The van der Waals surface area contributed by atoms with Crippen molar-refractivity contribution in [1.82, 2.24) is 5.32 Å². The third kappa shape index (κ3) is 4.58. The lowest BCUT2D eigenvalue weighted by atomic mass is 10.0. The highest BCUT2D eigenvalue weighted by atomic mass is 32.2. The van der Waals surface area contributed by atoms with E-state index in [1.807, 2.05) is 23.5 Å². The van der Waals surface area contributed by atoms with Crippen LogP contribution in [0.2, 0.25) is 0 Å². The molecule has 1 aliphatic rings. The van der Waals surface area contributed by atoms with E-state index in [4.69, 9.17) is 4.99 Å². The molecule has 0 amide bonds. The van der Waals surface area contributed by atoms with Gasteiger partial charge in [-0.05, 0) is 38.2 Å². The Bertz CT molecular complexity index is 243. The van der Waals surface area contributed by atoms with Gasteiger partial charge in [-0.15, -0.1) is 0 Å². The Balaban J connectivity index is 2.34. The van der Waals surface area contributed by atoms with Crippen molar-refractivity contribution in [2.24, 2.45) is 4.99 Å². The van der Waals surface area contributed by atoms with Crippen LogP contribution in [0.3, 0.4) is 0 Å². The Hall–Kier alpha value is 0.170. The van der Waals surface area contributed by atoms with E-state index in [0.717, 1.165) is 10.9 Å². The smallest absolute Gasteiger partial charge is 0.157 e. The highest BCUT2D eigenvalue weighted by molar-refractivity contribution is 8.14.